The minimum Gasteiger partial charge on any atom is -0.457 e. The standard InChI is InChI=1S/C28H27N3O3/c1-18(32)30-26-17-25(12-13-29-26)34-24-11-10-19-8-9-20(14-21(19)15-24)27(33)31-23-7-5-6-22(16-23)28(2,3)4/h5-17H,1-4H3,(H,31,33)(H,29,30,32). The fourth-order valence-corrected chi connectivity index (χ4v) is 3.56. The molecular weight excluding hydrogens is 426 g/mol. The number of nitrogens with zero attached hydrogens (tertiary/aromatic N) is 1. The molecule has 3 aromatic carbocycles. The van der Waals surface area contributed by atoms with Gasteiger partial charge >= 0.3 is 0 Å². The molecule has 0 bridgehead atoms. The van der Waals surface area contributed by atoms with E-state index in [9.17, 15) is 9.59 Å². The molecule has 0 aliphatic heterocycles. The molecule has 1 heterocycles. The van der Waals surface area contributed by atoms with Crippen LogP contribution in [-0.4, -0.2) is 16.8 Å². The quantitative estimate of drug-likeness (QED) is 0.360. The Bertz CT molecular complexity index is 1370. The summed E-state index contributed by atoms with van der Waals surface area (Å²) in [6.45, 7) is 7.85. The van der Waals surface area contributed by atoms with Crippen molar-refractivity contribution in [2.75, 3.05) is 10.6 Å². The number of hydrogen-bond acceptors (Lipinski definition) is 4. The van der Waals surface area contributed by atoms with E-state index in [1.165, 1.54) is 6.92 Å². The summed E-state index contributed by atoms with van der Waals surface area (Å²) in [6.07, 6.45) is 1.57. The highest BCUT2D eigenvalue weighted by atomic mass is 16.5. The van der Waals surface area contributed by atoms with Crippen LogP contribution in [0.4, 0.5) is 11.5 Å². The van der Waals surface area contributed by atoms with Crippen LogP contribution < -0.4 is 15.4 Å². The molecule has 0 atom stereocenters. The van der Waals surface area contributed by atoms with E-state index in [2.05, 4.69) is 42.5 Å². The molecule has 0 saturated heterocycles. The van der Waals surface area contributed by atoms with Gasteiger partial charge in [0.25, 0.3) is 5.91 Å². The summed E-state index contributed by atoms with van der Waals surface area (Å²) >= 11 is 0. The van der Waals surface area contributed by atoms with Crippen LogP contribution >= 0.6 is 0 Å². The molecule has 2 N–H and O–H groups in total. The predicted molar refractivity (Wildman–Crippen MR) is 136 cm³/mol. The van der Waals surface area contributed by atoms with Gasteiger partial charge in [-0.15, -0.1) is 0 Å². The number of carbonyl (C=O) groups excluding carboxylic acids is 2. The highest BCUT2D eigenvalue weighted by Gasteiger charge is 2.15. The SMILES string of the molecule is CC(=O)Nc1cc(Oc2ccc3ccc(C(=O)Nc4cccc(C(C)(C)C)c4)cc3c2)ccn1. The first-order chi connectivity index (χ1) is 16.2. The maximum Gasteiger partial charge on any atom is 0.255 e. The number of ether oxygens (including phenoxy) is 1. The summed E-state index contributed by atoms with van der Waals surface area (Å²) in [6, 6.07) is 22.5. The van der Waals surface area contributed by atoms with Gasteiger partial charge in [-0.1, -0.05) is 45.0 Å². The highest BCUT2D eigenvalue weighted by Crippen LogP contribution is 2.28. The maximum absolute atomic E-state index is 12.9. The number of benzene rings is 3. The lowest BCUT2D eigenvalue weighted by molar-refractivity contribution is -0.114. The average molecular weight is 454 g/mol. The van der Waals surface area contributed by atoms with Crippen molar-refractivity contribution in [3.63, 3.8) is 0 Å². The van der Waals surface area contributed by atoms with Gasteiger partial charge in [-0.05, 0) is 64.2 Å². The first-order valence-electron chi connectivity index (χ1n) is 11.0. The summed E-state index contributed by atoms with van der Waals surface area (Å²) in [5.41, 5.74) is 2.48. The molecule has 0 unspecified atom stereocenters. The Morgan fingerprint density at radius 2 is 1.59 bits per heavy atom. The Balaban J connectivity index is 1.54. The predicted octanol–water partition coefficient (Wildman–Crippen LogP) is 6.54. The Labute approximate surface area is 199 Å². The van der Waals surface area contributed by atoms with Gasteiger partial charge in [0.05, 0.1) is 0 Å². The molecule has 6 heteroatoms. The molecule has 0 aliphatic rings. The van der Waals surface area contributed by atoms with E-state index in [4.69, 9.17) is 4.74 Å². The van der Waals surface area contributed by atoms with Gasteiger partial charge in [0.15, 0.2) is 0 Å². The molecule has 6 nitrogen and oxygen atoms in total. The van der Waals surface area contributed by atoms with Crippen LogP contribution in [0.15, 0.2) is 79.0 Å². The Kier molecular flexibility index (Phi) is 6.32. The minimum atomic E-state index is -0.203. The van der Waals surface area contributed by atoms with Crippen molar-refractivity contribution >= 4 is 34.1 Å². The molecule has 0 saturated carbocycles. The maximum atomic E-state index is 12.9. The molecule has 172 valence electrons. The van der Waals surface area contributed by atoms with E-state index in [1.54, 1.807) is 18.3 Å². The van der Waals surface area contributed by atoms with Crippen molar-refractivity contribution in [1.29, 1.82) is 0 Å². The molecule has 0 radical (unpaired) electrons. The molecule has 0 spiro atoms. The van der Waals surface area contributed by atoms with Gasteiger partial charge in [-0.25, -0.2) is 4.98 Å². The van der Waals surface area contributed by atoms with Crippen molar-refractivity contribution in [2.24, 2.45) is 0 Å². The third kappa shape index (κ3) is 5.59. The topological polar surface area (TPSA) is 80.3 Å². The third-order valence-electron chi connectivity index (χ3n) is 5.33. The Morgan fingerprint density at radius 3 is 2.35 bits per heavy atom. The second-order valence-electron chi connectivity index (χ2n) is 9.17. The van der Waals surface area contributed by atoms with Gasteiger partial charge in [0, 0.05) is 30.4 Å². The summed E-state index contributed by atoms with van der Waals surface area (Å²) in [5.74, 6) is 1.20. The summed E-state index contributed by atoms with van der Waals surface area (Å²) in [7, 11) is 0. The van der Waals surface area contributed by atoms with Crippen molar-refractivity contribution < 1.29 is 14.3 Å². The van der Waals surface area contributed by atoms with Crippen molar-refractivity contribution in [1.82, 2.24) is 4.98 Å². The number of fused-ring (bicyclic) bond motifs is 1. The van der Waals surface area contributed by atoms with E-state index < -0.39 is 0 Å². The highest BCUT2D eigenvalue weighted by molar-refractivity contribution is 6.06. The fraction of sp³-hybridized carbons (Fsp3) is 0.179. The molecule has 0 aliphatic carbocycles. The number of amides is 2. The monoisotopic (exact) mass is 453 g/mol. The van der Waals surface area contributed by atoms with Crippen LogP contribution in [0.2, 0.25) is 0 Å². The van der Waals surface area contributed by atoms with Crippen LogP contribution in [0.3, 0.4) is 0 Å². The smallest absolute Gasteiger partial charge is 0.255 e. The van der Waals surface area contributed by atoms with Gasteiger partial charge in [-0.3, -0.25) is 9.59 Å². The minimum absolute atomic E-state index is 0.00218. The van der Waals surface area contributed by atoms with E-state index >= 15 is 0 Å². The van der Waals surface area contributed by atoms with Crippen molar-refractivity contribution in [3.8, 4) is 11.5 Å². The Hall–Kier alpha value is -4.19. The first-order valence-corrected chi connectivity index (χ1v) is 11.0. The number of hydrogen-bond donors (Lipinski definition) is 2. The zero-order chi connectivity index (χ0) is 24.3. The fourth-order valence-electron chi connectivity index (χ4n) is 3.56. The van der Waals surface area contributed by atoms with Gasteiger partial charge in [0.1, 0.15) is 17.3 Å². The third-order valence-corrected chi connectivity index (χ3v) is 5.33. The molecule has 4 aromatic rings. The van der Waals surface area contributed by atoms with Crippen LogP contribution in [0.1, 0.15) is 43.6 Å². The molecule has 4 rings (SSSR count). The van der Waals surface area contributed by atoms with Crippen molar-refractivity contribution in [2.45, 2.75) is 33.1 Å². The van der Waals surface area contributed by atoms with Crippen LogP contribution in [0.5, 0.6) is 11.5 Å². The van der Waals surface area contributed by atoms with E-state index in [1.807, 2.05) is 54.6 Å². The number of pyridine rings is 1. The second-order valence-corrected chi connectivity index (χ2v) is 9.17. The lowest BCUT2D eigenvalue weighted by Crippen LogP contribution is -2.14. The average Bonchev–Trinajstić information content (AvgIpc) is 2.78. The molecule has 34 heavy (non-hydrogen) atoms. The van der Waals surface area contributed by atoms with Gasteiger partial charge in [0.2, 0.25) is 5.91 Å². The molecule has 2 amide bonds. The van der Waals surface area contributed by atoms with Gasteiger partial charge in [-0.2, -0.15) is 0 Å². The molecular formula is C28H27N3O3. The lowest BCUT2D eigenvalue weighted by Gasteiger charge is -2.20. The van der Waals surface area contributed by atoms with E-state index in [0.717, 1.165) is 22.0 Å². The lowest BCUT2D eigenvalue weighted by atomic mass is 9.87. The second kappa shape index (κ2) is 9.35. The van der Waals surface area contributed by atoms with Crippen molar-refractivity contribution in [3.05, 3.63) is 90.1 Å². The van der Waals surface area contributed by atoms with Crippen LogP contribution in [0.25, 0.3) is 10.8 Å². The molecule has 0 fully saturated rings. The first kappa shape index (κ1) is 23.0. The zero-order valence-corrected chi connectivity index (χ0v) is 19.7. The number of nitrogens with one attached hydrogen (secondary N) is 2. The molecule has 1 aromatic heterocycles. The summed E-state index contributed by atoms with van der Waals surface area (Å²) in [5, 5.41) is 7.51. The van der Waals surface area contributed by atoms with E-state index in [-0.39, 0.29) is 17.2 Å². The Morgan fingerprint density at radius 1 is 0.824 bits per heavy atom. The zero-order valence-electron chi connectivity index (χ0n) is 19.7. The summed E-state index contributed by atoms with van der Waals surface area (Å²) < 4.78 is 5.96. The number of aromatic nitrogens is 1. The van der Waals surface area contributed by atoms with Crippen LogP contribution in [0, 0.1) is 0 Å². The normalized spacial score (nSPS) is 11.2. The number of carbonyl (C=O) groups is 2. The summed E-state index contributed by atoms with van der Waals surface area (Å²) in [4.78, 5) is 28.3. The largest absolute Gasteiger partial charge is 0.457 e. The number of rotatable bonds is 5. The van der Waals surface area contributed by atoms with Crippen LogP contribution in [-0.2, 0) is 10.2 Å². The van der Waals surface area contributed by atoms with Gasteiger partial charge < -0.3 is 15.4 Å². The number of anilines is 2. The van der Waals surface area contributed by atoms with E-state index in [0.29, 0.717) is 22.9 Å².